The van der Waals surface area contributed by atoms with Crippen molar-refractivity contribution in [2.75, 3.05) is 0 Å². The van der Waals surface area contributed by atoms with Crippen molar-refractivity contribution in [1.29, 1.82) is 0 Å². The smallest absolute Gasteiger partial charge is 0.125 e. The average molecular weight is 228 g/mol. The zero-order valence-corrected chi connectivity index (χ0v) is 9.82. The molecule has 0 saturated carbocycles. The first-order chi connectivity index (χ1) is 8.25. The van der Waals surface area contributed by atoms with Crippen LogP contribution in [-0.4, -0.2) is 21.4 Å². The first-order valence-electron chi connectivity index (χ1n) is 5.60. The highest BCUT2D eigenvalue weighted by Crippen LogP contribution is 2.02. The molecule has 1 atom stereocenters. The Bertz CT molecular complexity index is 473. The molecule has 0 radical (unpaired) electrons. The number of imidazole rings is 1. The first-order valence-corrected chi connectivity index (χ1v) is 5.60. The number of amidine groups is 1. The highest BCUT2D eigenvalue weighted by Gasteiger charge is 2.03. The Labute approximate surface area is 101 Å². The second kappa shape index (κ2) is 5.30. The van der Waals surface area contributed by atoms with Gasteiger partial charge in [0.15, 0.2) is 0 Å². The molecule has 2 rings (SSSR count). The van der Waals surface area contributed by atoms with Gasteiger partial charge < -0.3 is 10.3 Å². The normalized spacial score (nSPS) is 13.6. The third-order valence-corrected chi connectivity index (χ3v) is 2.46. The minimum absolute atomic E-state index is 0.129. The van der Waals surface area contributed by atoms with Crippen LogP contribution in [0.15, 0.2) is 54.0 Å². The highest BCUT2D eigenvalue weighted by molar-refractivity contribution is 5.97. The lowest BCUT2D eigenvalue weighted by atomic mass is 10.2. The number of benzene rings is 1. The molecular formula is C13H16N4. The highest BCUT2D eigenvalue weighted by atomic mass is 15.0. The maximum atomic E-state index is 5.95. The predicted molar refractivity (Wildman–Crippen MR) is 68.9 cm³/mol. The van der Waals surface area contributed by atoms with Crippen LogP contribution in [0.2, 0.25) is 0 Å². The molecule has 0 saturated heterocycles. The van der Waals surface area contributed by atoms with E-state index in [2.05, 4.69) is 9.98 Å². The number of rotatable bonds is 4. The van der Waals surface area contributed by atoms with Crippen molar-refractivity contribution in [2.24, 2.45) is 10.7 Å². The summed E-state index contributed by atoms with van der Waals surface area (Å²) in [6.07, 6.45) is 5.46. The second-order valence-corrected chi connectivity index (χ2v) is 3.99. The van der Waals surface area contributed by atoms with E-state index >= 15 is 0 Å². The van der Waals surface area contributed by atoms with Gasteiger partial charge in [0.05, 0.1) is 12.4 Å². The molecule has 2 N–H and O–H groups in total. The van der Waals surface area contributed by atoms with Crippen LogP contribution in [0.25, 0.3) is 0 Å². The van der Waals surface area contributed by atoms with E-state index in [0.29, 0.717) is 5.84 Å². The molecule has 4 nitrogen and oxygen atoms in total. The fourth-order valence-electron chi connectivity index (χ4n) is 1.66. The molecule has 0 aliphatic rings. The standard InChI is InChI=1S/C13H16N4/c1-11(9-17-8-7-15-10-17)16-13(14)12-5-3-2-4-6-12/h2-8,10-11H,9H2,1H3,(H2,14,16). The lowest BCUT2D eigenvalue weighted by Crippen LogP contribution is -2.19. The van der Waals surface area contributed by atoms with Crippen molar-refractivity contribution in [3.05, 3.63) is 54.6 Å². The molecule has 1 unspecified atom stereocenters. The third-order valence-electron chi connectivity index (χ3n) is 2.46. The van der Waals surface area contributed by atoms with Crippen molar-refractivity contribution in [3.8, 4) is 0 Å². The lowest BCUT2D eigenvalue weighted by Gasteiger charge is -2.09. The Hall–Kier alpha value is -2.10. The largest absolute Gasteiger partial charge is 0.383 e. The number of hydrogen-bond donors (Lipinski definition) is 1. The second-order valence-electron chi connectivity index (χ2n) is 3.99. The van der Waals surface area contributed by atoms with Gasteiger partial charge in [-0.15, -0.1) is 0 Å². The average Bonchev–Trinajstić information content (AvgIpc) is 2.82. The van der Waals surface area contributed by atoms with Crippen LogP contribution < -0.4 is 5.73 Å². The van der Waals surface area contributed by atoms with Gasteiger partial charge >= 0.3 is 0 Å². The van der Waals surface area contributed by atoms with E-state index in [9.17, 15) is 0 Å². The Morgan fingerprint density at radius 1 is 1.41 bits per heavy atom. The molecule has 0 fully saturated rings. The monoisotopic (exact) mass is 228 g/mol. The fourth-order valence-corrected chi connectivity index (χ4v) is 1.66. The molecule has 0 spiro atoms. The predicted octanol–water partition coefficient (Wildman–Crippen LogP) is 1.68. The van der Waals surface area contributed by atoms with Crippen LogP contribution in [-0.2, 0) is 6.54 Å². The van der Waals surface area contributed by atoms with Crippen LogP contribution in [0.5, 0.6) is 0 Å². The van der Waals surface area contributed by atoms with Gasteiger partial charge in [0.1, 0.15) is 5.84 Å². The molecule has 2 aromatic rings. The number of nitrogens with two attached hydrogens (primary N) is 1. The molecule has 17 heavy (non-hydrogen) atoms. The number of aromatic nitrogens is 2. The molecule has 1 aromatic carbocycles. The van der Waals surface area contributed by atoms with E-state index in [4.69, 9.17) is 5.73 Å². The minimum atomic E-state index is 0.129. The maximum Gasteiger partial charge on any atom is 0.125 e. The fraction of sp³-hybridized carbons (Fsp3) is 0.231. The van der Waals surface area contributed by atoms with Crippen molar-refractivity contribution in [3.63, 3.8) is 0 Å². The summed E-state index contributed by atoms with van der Waals surface area (Å²) in [6, 6.07) is 9.93. The van der Waals surface area contributed by atoms with Crippen molar-refractivity contribution < 1.29 is 0 Å². The van der Waals surface area contributed by atoms with Gasteiger partial charge in [-0.25, -0.2) is 4.98 Å². The molecule has 4 heteroatoms. The van der Waals surface area contributed by atoms with Gasteiger partial charge in [-0.05, 0) is 6.92 Å². The summed E-state index contributed by atoms with van der Waals surface area (Å²) in [4.78, 5) is 8.46. The SMILES string of the molecule is CC(Cn1ccnc1)N=C(N)c1ccccc1. The summed E-state index contributed by atoms with van der Waals surface area (Å²) in [5.74, 6) is 0.582. The summed E-state index contributed by atoms with van der Waals surface area (Å²) >= 11 is 0. The Morgan fingerprint density at radius 3 is 2.82 bits per heavy atom. The van der Waals surface area contributed by atoms with E-state index in [1.54, 1.807) is 12.5 Å². The van der Waals surface area contributed by atoms with Gasteiger partial charge in [0.25, 0.3) is 0 Å². The number of nitrogens with zero attached hydrogens (tertiary/aromatic N) is 3. The van der Waals surface area contributed by atoms with Gasteiger partial charge in [0.2, 0.25) is 0 Å². The summed E-state index contributed by atoms with van der Waals surface area (Å²) in [5, 5.41) is 0. The van der Waals surface area contributed by atoms with E-state index in [0.717, 1.165) is 12.1 Å². The van der Waals surface area contributed by atoms with Crippen molar-refractivity contribution in [1.82, 2.24) is 9.55 Å². The molecule has 0 amide bonds. The minimum Gasteiger partial charge on any atom is -0.383 e. The molecule has 1 aromatic heterocycles. The van der Waals surface area contributed by atoms with Gasteiger partial charge in [-0.1, -0.05) is 30.3 Å². The Balaban J connectivity index is 2.04. The molecule has 0 aliphatic carbocycles. The molecule has 0 aliphatic heterocycles. The van der Waals surface area contributed by atoms with Crippen LogP contribution in [0.4, 0.5) is 0 Å². The molecule has 88 valence electrons. The van der Waals surface area contributed by atoms with Gasteiger partial charge in [-0.2, -0.15) is 0 Å². The van der Waals surface area contributed by atoms with Crippen LogP contribution in [0, 0.1) is 0 Å². The summed E-state index contributed by atoms with van der Waals surface area (Å²) in [6.45, 7) is 2.82. The van der Waals surface area contributed by atoms with Crippen LogP contribution in [0.3, 0.4) is 0 Å². The summed E-state index contributed by atoms with van der Waals surface area (Å²) < 4.78 is 1.99. The summed E-state index contributed by atoms with van der Waals surface area (Å²) in [7, 11) is 0. The maximum absolute atomic E-state index is 5.95. The topological polar surface area (TPSA) is 56.2 Å². The summed E-state index contributed by atoms with van der Waals surface area (Å²) in [5.41, 5.74) is 6.91. The lowest BCUT2D eigenvalue weighted by molar-refractivity contribution is 0.591. The molecular weight excluding hydrogens is 212 g/mol. The van der Waals surface area contributed by atoms with Crippen molar-refractivity contribution >= 4 is 5.84 Å². The number of aliphatic imine (C=N–C) groups is 1. The molecule has 1 heterocycles. The van der Waals surface area contributed by atoms with Gasteiger partial charge in [0, 0.05) is 24.5 Å². The van der Waals surface area contributed by atoms with Gasteiger partial charge in [-0.3, -0.25) is 4.99 Å². The quantitative estimate of drug-likeness (QED) is 0.639. The van der Waals surface area contributed by atoms with E-state index in [1.165, 1.54) is 0 Å². The molecule has 0 bridgehead atoms. The van der Waals surface area contributed by atoms with Crippen LogP contribution in [0.1, 0.15) is 12.5 Å². The van der Waals surface area contributed by atoms with E-state index in [1.807, 2.05) is 48.0 Å². The zero-order chi connectivity index (χ0) is 12.1. The third kappa shape index (κ3) is 3.17. The Kier molecular flexibility index (Phi) is 3.55. The van der Waals surface area contributed by atoms with Crippen molar-refractivity contribution in [2.45, 2.75) is 19.5 Å². The van der Waals surface area contributed by atoms with E-state index in [-0.39, 0.29) is 6.04 Å². The first kappa shape index (κ1) is 11.4. The zero-order valence-electron chi connectivity index (χ0n) is 9.82. The number of hydrogen-bond acceptors (Lipinski definition) is 2. The van der Waals surface area contributed by atoms with E-state index < -0.39 is 0 Å². The van der Waals surface area contributed by atoms with Crippen LogP contribution >= 0.6 is 0 Å². The Morgan fingerprint density at radius 2 is 2.18 bits per heavy atom.